The molecule has 0 unspecified atom stereocenters. The van der Waals surface area contributed by atoms with Crippen molar-refractivity contribution in [2.45, 2.75) is 27.2 Å². The average Bonchev–Trinajstić information content (AvgIpc) is 2.30. The number of hydrogen-bond donors (Lipinski definition) is 2. The van der Waals surface area contributed by atoms with E-state index in [-0.39, 0.29) is 17.1 Å². The molecule has 1 rings (SSSR count). The van der Waals surface area contributed by atoms with Gasteiger partial charge in [-0.3, -0.25) is 4.79 Å². The molecule has 0 atom stereocenters. The molecule has 1 amide bonds. The summed E-state index contributed by atoms with van der Waals surface area (Å²) in [7, 11) is 0. The Labute approximate surface area is 116 Å². The van der Waals surface area contributed by atoms with E-state index in [1.54, 1.807) is 12.1 Å². The molecule has 4 heteroatoms. The Balaban J connectivity index is 2.68. The van der Waals surface area contributed by atoms with Crippen molar-refractivity contribution in [2.75, 3.05) is 6.54 Å². The number of carbonyl (C=O) groups is 1. The Kier molecular flexibility index (Phi) is 4.80. The third-order valence-corrected chi connectivity index (χ3v) is 3.81. The molecule has 1 aromatic carbocycles. The monoisotopic (exact) mass is 347 g/mol. The van der Waals surface area contributed by atoms with E-state index < -0.39 is 0 Å². The smallest absolute Gasteiger partial charge is 0.251 e. The largest absolute Gasteiger partial charge is 0.507 e. The van der Waals surface area contributed by atoms with Crippen molar-refractivity contribution in [2.24, 2.45) is 5.41 Å². The highest BCUT2D eigenvalue weighted by molar-refractivity contribution is 14.1. The Morgan fingerprint density at radius 3 is 2.65 bits per heavy atom. The van der Waals surface area contributed by atoms with E-state index in [2.05, 4.69) is 26.1 Å². The second kappa shape index (κ2) is 5.71. The molecule has 0 spiro atoms. The maximum Gasteiger partial charge on any atom is 0.251 e. The Bertz CT molecular complexity index is 416. The number of benzene rings is 1. The van der Waals surface area contributed by atoms with Gasteiger partial charge in [0.25, 0.3) is 5.91 Å². The number of hydrogen-bond acceptors (Lipinski definition) is 2. The molecule has 0 saturated carbocycles. The molecule has 0 heterocycles. The number of phenols is 1. The highest BCUT2D eigenvalue weighted by atomic mass is 127. The maximum absolute atomic E-state index is 11.8. The van der Waals surface area contributed by atoms with Gasteiger partial charge in [0, 0.05) is 12.1 Å². The van der Waals surface area contributed by atoms with Crippen molar-refractivity contribution in [3.05, 3.63) is 27.3 Å². The lowest BCUT2D eigenvalue weighted by molar-refractivity contribution is 0.0935. The van der Waals surface area contributed by atoms with Crippen LogP contribution in [-0.2, 0) is 0 Å². The minimum Gasteiger partial charge on any atom is -0.507 e. The van der Waals surface area contributed by atoms with E-state index in [9.17, 15) is 9.90 Å². The van der Waals surface area contributed by atoms with Crippen molar-refractivity contribution in [3.8, 4) is 5.75 Å². The SMILES string of the molecule is CCC(C)(C)CNC(=O)c1ccc(I)c(O)c1. The van der Waals surface area contributed by atoms with Gasteiger partial charge in [-0.05, 0) is 52.6 Å². The first-order valence-corrected chi connectivity index (χ1v) is 6.70. The molecule has 1 aromatic rings. The highest BCUT2D eigenvalue weighted by Crippen LogP contribution is 2.21. The van der Waals surface area contributed by atoms with E-state index >= 15 is 0 Å². The number of rotatable bonds is 4. The van der Waals surface area contributed by atoms with Gasteiger partial charge in [-0.25, -0.2) is 0 Å². The first-order chi connectivity index (χ1) is 7.85. The zero-order chi connectivity index (χ0) is 13.1. The number of phenolic OH excluding ortho intramolecular Hbond substituents is 1. The molecule has 94 valence electrons. The van der Waals surface area contributed by atoms with Crippen LogP contribution in [0.15, 0.2) is 18.2 Å². The summed E-state index contributed by atoms with van der Waals surface area (Å²) >= 11 is 2.02. The second-order valence-corrected chi connectivity index (χ2v) is 6.03. The molecule has 0 aromatic heterocycles. The highest BCUT2D eigenvalue weighted by Gasteiger charge is 2.17. The Morgan fingerprint density at radius 1 is 1.47 bits per heavy atom. The Morgan fingerprint density at radius 2 is 2.12 bits per heavy atom. The van der Waals surface area contributed by atoms with Crippen molar-refractivity contribution < 1.29 is 9.90 Å². The molecule has 0 aliphatic carbocycles. The predicted molar refractivity (Wildman–Crippen MR) is 77.2 cm³/mol. The van der Waals surface area contributed by atoms with Gasteiger partial charge >= 0.3 is 0 Å². The van der Waals surface area contributed by atoms with Gasteiger partial charge in [0.1, 0.15) is 5.75 Å². The lowest BCUT2D eigenvalue weighted by atomic mass is 9.90. The fourth-order valence-electron chi connectivity index (χ4n) is 1.20. The van der Waals surface area contributed by atoms with E-state index in [0.717, 1.165) is 9.99 Å². The second-order valence-electron chi connectivity index (χ2n) is 4.87. The lowest BCUT2D eigenvalue weighted by Gasteiger charge is -2.22. The molecule has 2 N–H and O–H groups in total. The molecule has 0 radical (unpaired) electrons. The van der Waals surface area contributed by atoms with Crippen LogP contribution in [0.25, 0.3) is 0 Å². The standard InChI is InChI=1S/C13H18INO2/c1-4-13(2,3)8-15-12(17)9-5-6-10(14)11(16)7-9/h5-7,16H,4,8H2,1-3H3,(H,15,17). The van der Waals surface area contributed by atoms with Gasteiger partial charge in [0.05, 0.1) is 3.57 Å². The van der Waals surface area contributed by atoms with Crippen molar-refractivity contribution in [1.29, 1.82) is 0 Å². The van der Waals surface area contributed by atoms with Crippen molar-refractivity contribution in [3.63, 3.8) is 0 Å². The van der Waals surface area contributed by atoms with Crippen LogP contribution in [0.1, 0.15) is 37.6 Å². The maximum atomic E-state index is 11.8. The fourth-order valence-corrected chi connectivity index (χ4v) is 1.54. The first-order valence-electron chi connectivity index (χ1n) is 5.62. The topological polar surface area (TPSA) is 49.3 Å². The number of halogens is 1. The molecule has 0 aliphatic heterocycles. The van der Waals surface area contributed by atoms with Gasteiger partial charge in [-0.15, -0.1) is 0 Å². The number of aromatic hydroxyl groups is 1. The summed E-state index contributed by atoms with van der Waals surface area (Å²) in [5.74, 6) is 0.00577. The molecule has 3 nitrogen and oxygen atoms in total. The quantitative estimate of drug-likeness (QED) is 0.822. The van der Waals surface area contributed by atoms with E-state index in [0.29, 0.717) is 12.1 Å². The van der Waals surface area contributed by atoms with Gasteiger partial charge in [-0.2, -0.15) is 0 Å². The molecular weight excluding hydrogens is 329 g/mol. The summed E-state index contributed by atoms with van der Waals surface area (Å²) in [5.41, 5.74) is 0.593. The molecule has 0 fully saturated rings. The zero-order valence-electron chi connectivity index (χ0n) is 10.4. The van der Waals surface area contributed by atoms with Crippen LogP contribution < -0.4 is 5.32 Å². The van der Waals surface area contributed by atoms with Gasteiger partial charge in [0.2, 0.25) is 0 Å². The number of amides is 1. The summed E-state index contributed by atoms with van der Waals surface area (Å²) in [4.78, 5) is 11.8. The van der Waals surface area contributed by atoms with E-state index in [4.69, 9.17) is 0 Å². The van der Waals surface area contributed by atoms with Crippen molar-refractivity contribution >= 4 is 28.5 Å². The zero-order valence-corrected chi connectivity index (χ0v) is 12.5. The van der Waals surface area contributed by atoms with Crippen LogP contribution in [0.5, 0.6) is 5.75 Å². The summed E-state index contributed by atoms with van der Waals surface area (Å²) in [6.07, 6.45) is 1.01. The lowest BCUT2D eigenvalue weighted by Crippen LogP contribution is -2.33. The Hall–Kier alpha value is -0.780. The van der Waals surface area contributed by atoms with Crippen molar-refractivity contribution in [1.82, 2.24) is 5.32 Å². The molecule has 0 aliphatic rings. The van der Waals surface area contributed by atoms with E-state index in [1.807, 2.05) is 22.6 Å². The minimum absolute atomic E-state index is 0.0981. The normalized spacial score (nSPS) is 11.3. The third kappa shape index (κ3) is 4.18. The molecular formula is C13H18INO2. The fraction of sp³-hybridized carbons (Fsp3) is 0.462. The van der Waals surface area contributed by atoms with Gasteiger partial charge in [0.15, 0.2) is 0 Å². The molecule has 0 bridgehead atoms. The van der Waals surface area contributed by atoms with Crippen LogP contribution in [0, 0.1) is 8.99 Å². The third-order valence-electron chi connectivity index (χ3n) is 2.89. The number of carbonyl (C=O) groups excluding carboxylic acids is 1. The predicted octanol–water partition coefficient (Wildman–Crippen LogP) is 3.16. The summed E-state index contributed by atoms with van der Waals surface area (Å²) in [6, 6.07) is 4.95. The van der Waals surface area contributed by atoms with E-state index in [1.165, 1.54) is 6.07 Å². The first kappa shape index (κ1) is 14.3. The summed E-state index contributed by atoms with van der Waals surface area (Å²) < 4.78 is 0.744. The van der Waals surface area contributed by atoms with Crippen LogP contribution in [-0.4, -0.2) is 17.6 Å². The summed E-state index contributed by atoms with van der Waals surface area (Å²) in [6.45, 7) is 6.95. The van der Waals surface area contributed by atoms with Crippen LogP contribution in [0.3, 0.4) is 0 Å². The molecule has 17 heavy (non-hydrogen) atoms. The van der Waals surface area contributed by atoms with Gasteiger partial charge in [-0.1, -0.05) is 20.8 Å². The van der Waals surface area contributed by atoms with Crippen LogP contribution in [0.4, 0.5) is 0 Å². The molecule has 0 saturated heterocycles. The minimum atomic E-state index is -0.141. The van der Waals surface area contributed by atoms with Gasteiger partial charge < -0.3 is 10.4 Å². The van der Waals surface area contributed by atoms with Crippen LogP contribution in [0.2, 0.25) is 0 Å². The van der Waals surface area contributed by atoms with Crippen LogP contribution >= 0.6 is 22.6 Å². The number of nitrogens with one attached hydrogen (secondary N) is 1. The average molecular weight is 347 g/mol. The summed E-state index contributed by atoms with van der Waals surface area (Å²) in [5, 5.41) is 12.4.